The maximum atomic E-state index is 6.03. The van der Waals surface area contributed by atoms with Crippen LogP contribution >= 0.6 is 0 Å². The number of nitrogens with one attached hydrogen (secondary N) is 1. The van der Waals surface area contributed by atoms with E-state index < -0.39 is 0 Å². The fourth-order valence-corrected chi connectivity index (χ4v) is 2.06. The molecule has 70 valence electrons. The molecular formula is C9H17NO2. The van der Waals surface area contributed by atoms with Gasteiger partial charge in [0.2, 0.25) is 0 Å². The predicted octanol–water partition coefficient (Wildman–Crippen LogP) is 0.544. The van der Waals surface area contributed by atoms with Gasteiger partial charge in [0.15, 0.2) is 0 Å². The summed E-state index contributed by atoms with van der Waals surface area (Å²) in [7, 11) is 0. The Morgan fingerprint density at radius 3 is 2.67 bits per heavy atom. The Labute approximate surface area is 73.4 Å². The number of rotatable bonds is 0. The molecule has 2 rings (SSSR count). The Kier molecular flexibility index (Phi) is 1.90. The van der Waals surface area contributed by atoms with E-state index in [1.807, 2.05) is 0 Å². The molecule has 0 unspecified atom stereocenters. The Balaban J connectivity index is 2.07. The van der Waals surface area contributed by atoms with Crippen molar-refractivity contribution in [3.63, 3.8) is 0 Å². The van der Waals surface area contributed by atoms with Gasteiger partial charge >= 0.3 is 0 Å². The lowest BCUT2D eigenvalue weighted by Crippen LogP contribution is -2.58. The first-order chi connectivity index (χ1) is 5.62. The van der Waals surface area contributed by atoms with Crippen LogP contribution in [0.15, 0.2) is 0 Å². The molecule has 2 aliphatic heterocycles. The average Bonchev–Trinajstić information content (AvgIpc) is 2.34. The Morgan fingerprint density at radius 1 is 1.25 bits per heavy atom. The molecule has 0 aromatic carbocycles. The van der Waals surface area contributed by atoms with E-state index in [0.29, 0.717) is 0 Å². The van der Waals surface area contributed by atoms with Gasteiger partial charge in [0, 0.05) is 26.1 Å². The van der Waals surface area contributed by atoms with Crippen molar-refractivity contribution in [2.75, 3.05) is 26.3 Å². The Hall–Kier alpha value is -0.120. The van der Waals surface area contributed by atoms with Crippen molar-refractivity contribution in [1.82, 2.24) is 5.32 Å². The molecule has 0 bridgehead atoms. The van der Waals surface area contributed by atoms with Gasteiger partial charge < -0.3 is 14.8 Å². The summed E-state index contributed by atoms with van der Waals surface area (Å²) >= 11 is 0. The molecule has 1 N–H and O–H groups in total. The minimum Gasteiger partial charge on any atom is -0.378 e. The molecule has 0 aromatic rings. The molecule has 3 nitrogen and oxygen atoms in total. The topological polar surface area (TPSA) is 30.5 Å². The van der Waals surface area contributed by atoms with Gasteiger partial charge in [-0.2, -0.15) is 0 Å². The molecule has 2 saturated heterocycles. The van der Waals surface area contributed by atoms with Crippen LogP contribution in [0.1, 0.15) is 20.3 Å². The van der Waals surface area contributed by atoms with Gasteiger partial charge in [-0.05, 0) is 13.8 Å². The van der Waals surface area contributed by atoms with Crippen molar-refractivity contribution < 1.29 is 9.47 Å². The quantitative estimate of drug-likeness (QED) is 0.577. The van der Waals surface area contributed by atoms with Crippen molar-refractivity contribution in [2.24, 2.45) is 0 Å². The van der Waals surface area contributed by atoms with Crippen LogP contribution in [-0.4, -0.2) is 37.5 Å². The lowest BCUT2D eigenvalue weighted by atomic mass is 9.97. The van der Waals surface area contributed by atoms with Crippen molar-refractivity contribution in [3.05, 3.63) is 0 Å². The van der Waals surface area contributed by atoms with Crippen LogP contribution in [0.25, 0.3) is 0 Å². The summed E-state index contributed by atoms with van der Waals surface area (Å²) in [6, 6.07) is 0. The summed E-state index contributed by atoms with van der Waals surface area (Å²) < 4.78 is 11.4. The molecule has 0 radical (unpaired) electrons. The summed E-state index contributed by atoms with van der Waals surface area (Å²) in [5.41, 5.74) is -0.0618. The molecule has 2 fully saturated rings. The second kappa shape index (κ2) is 2.69. The summed E-state index contributed by atoms with van der Waals surface area (Å²) in [4.78, 5) is 0. The first-order valence-electron chi connectivity index (χ1n) is 4.61. The van der Waals surface area contributed by atoms with E-state index in [4.69, 9.17) is 9.47 Å². The van der Waals surface area contributed by atoms with E-state index in [0.717, 1.165) is 32.7 Å². The van der Waals surface area contributed by atoms with Gasteiger partial charge in [-0.15, -0.1) is 0 Å². The number of hydrogen-bond donors (Lipinski definition) is 1. The fraction of sp³-hybridized carbons (Fsp3) is 1.00. The molecule has 0 saturated carbocycles. The van der Waals surface area contributed by atoms with Gasteiger partial charge in [-0.3, -0.25) is 0 Å². The number of hydrogen-bond acceptors (Lipinski definition) is 3. The molecule has 1 atom stereocenters. The predicted molar refractivity (Wildman–Crippen MR) is 46.2 cm³/mol. The monoisotopic (exact) mass is 171 g/mol. The second-order valence-electron chi connectivity index (χ2n) is 4.45. The van der Waals surface area contributed by atoms with Gasteiger partial charge in [-0.1, -0.05) is 0 Å². The van der Waals surface area contributed by atoms with Crippen molar-refractivity contribution in [2.45, 2.75) is 31.5 Å². The molecule has 12 heavy (non-hydrogen) atoms. The highest BCUT2D eigenvalue weighted by Gasteiger charge is 2.43. The standard InChI is InChI=1S/C9H17NO2/c1-8(2)5-10-6-9(12-8)3-4-11-7-9/h10H,3-7H2,1-2H3/t9-/m1/s1. The van der Waals surface area contributed by atoms with Gasteiger partial charge in [0.25, 0.3) is 0 Å². The van der Waals surface area contributed by atoms with Crippen LogP contribution in [0.3, 0.4) is 0 Å². The fourth-order valence-electron chi connectivity index (χ4n) is 2.06. The minimum absolute atomic E-state index is 0.0260. The van der Waals surface area contributed by atoms with E-state index in [-0.39, 0.29) is 11.2 Å². The van der Waals surface area contributed by atoms with Crippen molar-refractivity contribution >= 4 is 0 Å². The van der Waals surface area contributed by atoms with Crippen LogP contribution in [-0.2, 0) is 9.47 Å². The first-order valence-corrected chi connectivity index (χ1v) is 4.61. The van der Waals surface area contributed by atoms with Gasteiger partial charge in [-0.25, -0.2) is 0 Å². The van der Waals surface area contributed by atoms with E-state index in [1.54, 1.807) is 0 Å². The molecular weight excluding hydrogens is 154 g/mol. The lowest BCUT2D eigenvalue weighted by Gasteiger charge is -2.42. The summed E-state index contributed by atoms with van der Waals surface area (Å²) in [5.74, 6) is 0. The zero-order valence-electron chi connectivity index (χ0n) is 7.85. The highest BCUT2D eigenvalue weighted by atomic mass is 16.6. The van der Waals surface area contributed by atoms with Crippen molar-refractivity contribution in [1.29, 1.82) is 0 Å². The van der Waals surface area contributed by atoms with Crippen LogP contribution < -0.4 is 5.32 Å². The number of ether oxygens (including phenoxy) is 2. The van der Waals surface area contributed by atoms with E-state index in [1.165, 1.54) is 0 Å². The maximum absolute atomic E-state index is 6.03. The highest BCUT2D eigenvalue weighted by molar-refractivity contribution is 4.95. The lowest BCUT2D eigenvalue weighted by molar-refractivity contribution is -0.160. The van der Waals surface area contributed by atoms with Crippen LogP contribution in [0.5, 0.6) is 0 Å². The van der Waals surface area contributed by atoms with Crippen LogP contribution in [0, 0.1) is 0 Å². The van der Waals surface area contributed by atoms with Crippen LogP contribution in [0.2, 0.25) is 0 Å². The maximum Gasteiger partial charge on any atom is 0.107 e. The minimum atomic E-state index is -0.0358. The molecule has 3 heteroatoms. The SMILES string of the molecule is CC1(C)CNC[C@@]2(CCOC2)O1. The van der Waals surface area contributed by atoms with Gasteiger partial charge in [0.1, 0.15) is 5.60 Å². The summed E-state index contributed by atoms with van der Waals surface area (Å²) in [5, 5.41) is 3.40. The normalized spacial score (nSPS) is 40.5. The third-order valence-corrected chi connectivity index (χ3v) is 2.56. The van der Waals surface area contributed by atoms with E-state index in [9.17, 15) is 0 Å². The molecule has 0 aliphatic carbocycles. The number of morpholine rings is 1. The molecule has 2 heterocycles. The second-order valence-corrected chi connectivity index (χ2v) is 4.45. The Bertz CT molecular complexity index is 173. The third-order valence-electron chi connectivity index (χ3n) is 2.56. The molecule has 0 aromatic heterocycles. The first kappa shape index (κ1) is 8.48. The van der Waals surface area contributed by atoms with E-state index >= 15 is 0 Å². The summed E-state index contributed by atoms with van der Waals surface area (Å²) in [6.07, 6.45) is 1.03. The zero-order valence-corrected chi connectivity index (χ0v) is 7.85. The zero-order chi connectivity index (χ0) is 8.66. The van der Waals surface area contributed by atoms with E-state index in [2.05, 4.69) is 19.2 Å². The molecule has 1 spiro atoms. The van der Waals surface area contributed by atoms with Crippen LogP contribution in [0.4, 0.5) is 0 Å². The molecule has 2 aliphatic rings. The smallest absolute Gasteiger partial charge is 0.107 e. The molecule has 0 amide bonds. The third kappa shape index (κ3) is 1.49. The highest BCUT2D eigenvalue weighted by Crippen LogP contribution is 2.30. The summed E-state index contributed by atoms with van der Waals surface area (Å²) in [6.45, 7) is 7.73. The van der Waals surface area contributed by atoms with Crippen molar-refractivity contribution in [3.8, 4) is 0 Å². The Morgan fingerprint density at radius 2 is 2.08 bits per heavy atom. The van der Waals surface area contributed by atoms with Gasteiger partial charge in [0.05, 0.1) is 12.2 Å². The average molecular weight is 171 g/mol. The largest absolute Gasteiger partial charge is 0.378 e.